The zero-order chi connectivity index (χ0) is 12.8. The second kappa shape index (κ2) is 6.21. The van der Waals surface area contributed by atoms with Crippen molar-refractivity contribution in [3.8, 4) is 5.75 Å². The quantitative estimate of drug-likeness (QED) is 0.796. The zero-order valence-corrected chi connectivity index (χ0v) is 10.6. The van der Waals surface area contributed by atoms with Gasteiger partial charge in [0.2, 0.25) is 0 Å². The summed E-state index contributed by atoms with van der Waals surface area (Å²) in [6, 6.07) is 9.63. The molecule has 0 radical (unpaired) electrons. The number of anilines is 1. The molecule has 0 saturated heterocycles. The summed E-state index contributed by atoms with van der Waals surface area (Å²) >= 11 is 0. The van der Waals surface area contributed by atoms with Crippen LogP contribution in [0.25, 0.3) is 10.9 Å². The molecule has 0 atom stereocenters. The van der Waals surface area contributed by atoms with Crippen LogP contribution in [-0.2, 0) is 4.74 Å². The predicted octanol–water partition coefficient (Wildman–Crippen LogP) is 2.62. The van der Waals surface area contributed by atoms with E-state index >= 15 is 0 Å². The molecule has 2 N–H and O–H groups in total. The van der Waals surface area contributed by atoms with E-state index in [1.807, 2.05) is 24.3 Å². The SMILES string of the molecule is COCCCCOc1cccc2ccc(N)nc12. The topological polar surface area (TPSA) is 57.4 Å². The van der Waals surface area contributed by atoms with Crippen molar-refractivity contribution >= 4 is 16.7 Å². The fraction of sp³-hybridized carbons (Fsp3) is 0.357. The molecule has 96 valence electrons. The zero-order valence-electron chi connectivity index (χ0n) is 10.6. The number of methoxy groups -OCH3 is 1. The molecule has 0 saturated carbocycles. The van der Waals surface area contributed by atoms with Gasteiger partial charge in [-0.3, -0.25) is 0 Å². The molecule has 4 heteroatoms. The summed E-state index contributed by atoms with van der Waals surface area (Å²) in [6.07, 6.45) is 1.96. The number of nitrogens with zero attached hydrogens (tertiary/aromatic N) is 1. The van der Waals surface area contributed by atoms with E-state index in [4.69, 9.17) is 15.2 Å². The summed E-state index contributed by atoms with van der Waals surface area (Å²) in [5.41, 5.74) is 6.53. The van der Waals surface area contributed by atoms with Crippen molar-refractivity contribution in [2.45, 2.75) is 12.8 Å². The Morgan fingerprint density at radius 1 is 1.11 bits per heavy atom. The molecule has 0 bridgehead atoms. The van der Waals surface area contributed by atoms with Gasteiger partial charge in [-0.2, -0.15) is 0 Å². The van der Waals surface area contributed by atoms with Crippen LogP contribution in [0.15, 0.2) is 30.3 Å². The van der Waals surface area contributed by atoms with Crippen molar-refractivity contribution in [1.29, 1.82) is 0 Å². The first-order chi connectivity index (χ1) is 8.81. The minimum absolute atomic E-state index is 0.512. The largest absolute Gasteiger partial charge is 0.491 e. The molecule has 0 fully saturated rings. The third-order valence-electron chi connectivity index (χ3n) is 2.71. The van der Waals surface area contributed by atoms with E-state index in [0.29, 0.717) is 12.4 Å². The number of hydrogen-bond acceptors (Lipinski definition) is 4. The number of para-hydroxylation sites is 1. The molecule has 1 aromatic carbocycles. The third-order valence-corrected chi connectivity index (χ3v) is 2.71. The number of nitrogens with two attached hydrogens (primary N) is 1. The third kappa shape index (κ3) is 3.11. The van der Waals surface area contributed by atoms with E-state index < -0.39 is 0 Å². The van der Waals surface area contributed by atoms with E-state index in [-0.39, 0.29) is 0 Å². The Balaban J connectivity index is 2.05. The number of nitrogen functional groups attached to an aromatic ring is 1. The van der Waals surface area contributed by atoms with Crippen LogP contribution in [0.4, 0.5) is 5.82 Å². The Morgan fingerprint density at radius 3 is 2.78 bits per heavy atom. The lowest BCUT2D eigenvalue weighted by molar-refractivity contribution is 0.184. The lowest BCUT2D eigenvalue weighted by Crippen LogP contribution is -2.01. The number of pyridine rings is 1. The average molecular weight is 246 g/mol. The Bertz CT molecular complexity index is 514. The number of unbranched alkanes of at least 4 members (excludes halogenated alkanes) is 1. The maximum Gasteiger partial charge on any atom is 0.145 e. The normalized spacial score (nSPS) is 10.7. The highest BCUT2D eigenvalue weighted by atomic mass is 16.5. The Hall–Kier alpha value is -1.81. The first kappa shape index (κ1) is 12.6. The van der Waals surface area contributed by atoms with Crippen LogP contribution in [0, 0.1) is 0 Å². The van der Waals surface area contributed by atoms with Gasteiger partial charge >= 0.3 is 0 Å². The highest BCUT2D eigenvalue weighted by molar-refractivity contribution is 5.85. The number of rotatable bonds is 6. The first-order valence-electron chi connectivity index (χ1n) is 6.08. The molecule has 0 aliphatic rings. The molecule has 18 heavy (non-hydrogen) atoms. The summed E-state index contributed by atoms with van der Waals surface area (Å²) in [5, 5.41) is 1.04. The molecule has 0 spiro atoms. The van der Waals surface area contributed by atoms with Gasteiger partial charge in [0, 0.05) is 19.1 Å². The summed E-state index contributed by atoms with van der Waals surface area (Å²) in [6.45, 7) is 1.43. The van der Waals surface area contributed by atoms with Crippen LogP contribution in [-0.4, -0.2) is 25.3 Å². The van der Waals surface area contributed by atoms with E-state index in [9.17, 15) is 0 Å². The van der Waals surface area contributed by atoms with Crippen molar-refractivity contribution in [2.24, 2.45) is 0 Å². The van der Waals surface area contributed by atoms with Crippen LogP contribution in [0.3, 0.4) is 0 Å². The molecule has 0 unspecified atom stereocenters. The van der Waals surface area contributed by atoms with Crippen molar-refractivity contribution in [3.05, 3.63) is 30.3 Å². The van der Waals surface area contributed by atoms with Gasteiger partial charge in [0.1, 0.15) is 17.1 Å². The summed E-state index contributed by atoms with van der Waals surface area (Å²) in [4.78, 5) is 4.32. The van der Waals surface area contributed by atoms with Gasteiger partial charge in [0.25, 0.3) is 0 Å². The van der Waals surface area contributed by atoms with Gasteiger partial charge in [0.05, 0.1) is 6.61 Å². The second-order valence-corrected chi connectivity index (χ2v) is 4.11. The fourth-order valence-electron chi connectivity index (χ4n) is 1.78. The van der Waals surface area contributed by atoms with Gasteiger partial charge in [0.15, 0.2) is 0 Å². The lowest BCUT2D eigenvalue weighted by Gasteiger charge is -2.08. The van der Waals surface area contributed by atoms with Gasteiger partial charge in [-0.25, -0.2) is 4.98 Å². The lowest BCUT2D eigenvalue weighted by atomic mass is 10.2. The Kier molecular flexibility index (Phi) is 4.36. The Morgan fingerprint density at radius 2 is 1.94 bits per heavy atom. The number of hydrogen-bond donors (Lipinski definition) is 1. The molecule has 1 aromatic heterocycles. The number of aromatic nitrogens is 1. The first-order valence-corrected chi connectivity index (χ1v) is 6.08. The van der Waals surface area contributed by atoms with Crippen molar-refractivity contribution in [1.82, 2.24) is 4.98 Å². The van der Waals surface area contributed by atoms with Crippen molar-refractivity contribution in [3.63, 3.8) is 0 Å². The van der Waals surface area contributed by atoms with Crippen LogP contribution in [0.5, 0.6) is 5.75 Å². The predicted molar refractivity (Wildman–Crippen MR) is 72.8 cm³/mol. The van der Waals surface area contributed by atoms with E-state index in [1.165, 1.54) is 0 Å². The molecule has 2 rings (SSSR count). The fourth-order valence-corrected chi connectivity index (χ4v) is 1.78. The molecule has 0 aliphatic carbocycles. The smallest absolute Gasteiger partial charge is 0.145 e. The molecule has 2 aromatic rings. The van der Waals surface area contributed by atoms with E-state index in [1.54, 1.807) is 13.2 Å². The monoisotopic (exact) mass is 246 g/mol. The number of benzene rings is 1. The van der Waals surface area contributed by atoms with Crippen LogP contribution >= 0.6 is 0 Å². The number of fused-ring (bicyclic) bond motifs is 1. The second-order valence-electron chi connectivity index (χ2n) is 4.11. The molecule has 4 nitrogen and oxygen atoms in total. The maximum atomic E-state index is 5.75. The van der Waals surface area contributed by atoms with Gasteiger partial charge in [-0.15, -0.1) is 0 Å². The van der Waals surface area contributed by atoms with Crippen molar-refractivity contribution in [2.75, 3.05) is 26.1 Å². The minimum Gasteiger partial charge on any atom is -0.491 e. The highest BCUT2D eigenvalue weighted by Crippen LogP contribution is 2.24. The molecular weight excluding hydrogens is 228 g/mol. The van der Waals surface area contributed by atoms with Gasteiger partial charge in [-0.05, 0) is 31.0 Å². The van der Waals surface area contributed by atoms with Crippen LogP contribution in [0.1, 0.15) is 12.8 Å². The summed E-state index contributed by atoms with van der Waals surface area (Å²) in [5.74, 6) is 1.30. The summed E-state index contributed by atoms with van der Waals surface area (Å²) in [7, 11) is 1.71. The van der Waals surface area contributed by atoms with Crippen molar-refractivity contribution < 1.29 is 9.47 Å². The summed E-state index contributed by atoms with van der Waals surface area (Å²) < 4.78 is 10.7. The average Bonchev–Trinajstić information content (AvgIpc) is 2.39. The molecule has 1 heterocycles. The van der Waals surface area contributed by atoms with Gasteiger partial charge < -0.3 is 15.2 Å². The van der Waals surface area contributed by atoms with Crippen LogP contribution < -0.4 is 10.5 Å². The molecule has 0 aliphatic heterocycles. The van der Waals surface area contributed by atoms with Crippen LogP contribution in [0.2, 0.25) is 0 Å². The van der Waals surface area contributed by atoms with Gasteiger partial charge in [-0.1, -0.05) is 12.1 Å². The maximum absolute atomic E-state index is 5.75. The number of ether oxygens (including phenoxy) is 2. The Labute approximate surface area is 107 Å². The molecular formula is C14H18N2O2. The standard InChI is InChI=1S/C14H18N2O2/c1-17-9-2-3-10-18-12-6-4-5-11-7-8-13(15)16-14(11)12/h4-8H,2-3,9-10H2,1H3,(H2,15,16). The van der Waals surface area contributed by atoms with E-state index in [2.05, 4.69) is 4.98 Å². The minimum atomic E-state index is 0.512. The molecule has 0 amide bonds. The van der Waals surface area contributed by atoms with E-state index in [0.717, 1.165) is 36.1 Å². The highest BCUT2D eigenvalue weighted by Gasteiger charge is 2.03.